The predicted molar refractivity (Wildman–Crippen MR) is 150 cm³/mol. The second-order valence-corrected chi connectivity index (χ2v) is 13.6. The maximum atomic E-state index is 13.9. The Morgan fingerprint density at radius 2 is 1.79 bits per heavy atom. The van der Waals surface area contributed by atoms with E-state index in [0.717, 1.165) is 16.1 Å². The lowest BCUT2D eigenvalue weighted by molar-refractivity contribution is -0.144. The van der Waals surface area contributed by atoms with Gasteiger partial charge in [0.15, 0.2) is 0 Å². The number of hydrogen-bond acceptors (Lipinski definition) is 10. The zero-order valence-corrected chi connectivity index (χ0v) is 24.5. The van der Waals surface area contributed by atoms with Crippen molar-refractivity contribution < 1.29 is 42.5 Å². The van der Waals surface area contributed by atoms with Crippen LogP contribution in [-0.4, -0.2) is 139 Å². The van der Waals surface area contributed by atoms with Gasteiger partial charge in [0, 0.05) is 57.9 Å². The number of hydrogen-bond donors (Lipinski definition) is 4. The van der Waals surface area contributed by atoms with Crippen molar-refractivity contribution in [2.45, 2.75) is 68.9 Å². The van der Waals surface area contributed by atoms with Crippen LogP contribution in [0.5, 0.6) is 0 Å². The van der Waals surface area contributed by atoms with Crippen LogP contribution in [0.1, 0.15) is 25.3 Å². The topological polar surface area (TPSA) is 178 Å². The summed E-state index contributed by atoms with van der Waals surface area (Å²) in [6.07, 6.45) is -4.22. The average Bonchev–Trinajstić information content (AvgIpc) is 3.43. The summed E-state index contributed by atoms with van der Waals surface area (Å²) in [6, 6.07) is 6.45. The molecule has 232 valence electrons. The number of aliphatic hydroxyl groups excluding tert-OH is 2. The molecule has 0 spiro atoms. The number of likely N-dealkylation sites (tertiary alicyclic amines) is 1. The number of rotatable bonds is 4. The first-order valence-corrected chi connectivity index (χ1v) is 16.0. The number of nitrogens with one attached hydrogen (secondary N) is 2. The van der Waals surface area contributed by atoms with Crippen LogP contribution in [0.2, 0.25) is 0 Å². The first-order chi connectivity index (χ1) is 19.9. The van der Waals surface area contributed by atoms with Crippen LogP contribution in [0, 0.1) is 0 Å². The molecular formula is C27H39N5O9S. The van der Waals surface area contributed by atoms with Gasteiger partial charge < -0.3 is 35.2 Å². The fourth-order valence-corrected chi connectivity index (χ4v) is 7.05. The van der Waals surface area contributed by atoms with Gasteiger partial charge in [0.25, 0.3) is 0 Å². The Hall–Kier alpha value is -2.66. The van der Waals surface area contributed by atoms with Crippen molar-refractivity contribution in [1.82, 2.24) is 19.4 Å². The van der Waals surface area contributed by atoms with Crippen LogP contribution in [0.4, 0.5) is 5.69 Å². The molecule has 7 atom stereocenters. The van der Waals surface area contributed by atoms with Crippen molar-refractivity contribution in [3.8, 4) is 0 Å². The molecule has 4 fully saturated rings. The summed E-state index contributed by atoms with van der Waals surface area (Å²) < 4.78 is 38.1. The van der Waals surface area contributed by atoms with Crippen molar-refractivity contribution in [2.24, 2.45) is 0 Å². The van der Waals surface area contributed by atoms with Gasteiger partial charge in [0.05, 0.1) is 37.5 Å². The van der Waals surface area contributed by atoms with E-state index in [1.807, 2.05) is 17.0 Å². The van der Waals surface area contributed by atoms with E-state index >= 15 is 0 Å². The average molecular weight is 610 g/mol. The Kier molecular flexibility index (Phi) is 9.18. The molecular weight excluding hydrogens is 570 g/mol. The highest BCUT2D eigenvalue weighted by Crippen LogP contribution is 2.28. The van der Waals surface area contributed by atoms with Gasteiger partial charge in [-0.1, -0.05) is 12.1 Å². The molecule has 42 heavy (non-hydrogen) atoms. The number of carbonyl (C=O) groups excluding carboxylic acids is 3. The number of morpholine rings is 1. The molecule has 5 rings (SSSR count). The molecule has 4 heterocycles. The smallest absolute Gasteiger partial charge is 0.240 e. The molecule has 6 bridgehead atoms. The van der Waals surface area contributed by atoms with Crippen LogP contribution in [-0.2, 0) is 40.4 Å². The molecule has 4 saturated heterocycles. The number of carbonyl (C=O) groups is 3. The van der Waals surface area contributed by atoms with E-state index in [2.05, 4.69) is 10.6 Å². The van der Waals surface area contributed by atoms with Crippen LogP contribution in [0.25, 0.3) is 0 Å². The minimum absolute atomic E-state index is 0.0614. The fraction of sp³-hybridized carbons (Fsp3) is 0.667. The fourth-order valence-electron chi connectivity index (χ4n) is 6.20. The summed E-state index contributed by atoms with van der Waals surface area (Å²) >= 11 is 0. The molecule has 0 aromatic heterocycles. The van der Waals surface area contributed by atoms with E-state index in [1.165, 1.54) is 6.92 Å². The summed E-state index contributed by atoms with van der Waals surface area (Å²) in [4.78, 5) is 42.0. The van der Waals surface area contributed by atoms with Gasteiger partial charge in [-0.05, 0) is 24.1 Å². The summed E-state index contributed by atoms with van der Waals surface area (Å²) in [5, 5.41) is 26.9. The summed E-state index contributed by atoms with van der Waals surface area (Å²) in [6.45, 7) is 2.73. The maximum Gasteiger partial charge on any atom is 0.240 e. The zero-order valence-electron chi connectivity index (χ0n) is 23.7. The Morgan fingerprint density at radius 3 is 2.48 bits per heavy atom. The lowest BCUT2D eigenvalue weighted by Gasteiger charge is -2.38. The van der Waals surface area contributed by atoms with Crippen LogP contribution in [0.3, 0.4) is 0 Å². The van der Waals surface area contributed by atoms with E-state index in [9.17, 15) is 33.0 Å². The lowest BCUT2D eigenvalue weighted by atomic mass is 10.0. The monoisotopic (exact) mass is 609 g/mol. The number of anilines is 1. The lowest BCUT2D eigenvalue weighted by Crippen LogP contribution is -2.55. The molecule has 0 unspecified atom stereocenters. The molecule has 14 nitrogen and oxygen atoms in total. The van der Waals surface area contributed by atoms with Crippen molar-refractivity contribution in [2.75, 3.05) is 50.9 Å². The van der Waals surface area contributed by atoms with Crippen LogP contribution in [0.15, 0.2) is 24.3 Å². The van der Waals surface area contributed by atoms with Gasteiger partial charge in [-0.25, -0.2) is 8.42 Å². The second-order valence-electron chi connectivity index (χ2n) is 11.6. The van der Waals surface area contributed by atoms with E-state index < -0.39 is 52.5 Å². The van der Waals surface area contributed by atoms with Crippen LogP contribution < -0.4 is 10.6 Å². The summed E-state index contributed by atoms with van der Waals surface area (Å²) in [5.41, 5.74) is 1.58. The largest absolute Gasteiger partial charge is 0.388 e. The number of nitrogens with zero attached hydrogens (tertiary/aromatic N) is 3. The number of sulfonamides is 1. The van der Waals surface area contributed by atoms with E-state index in [-0.39, 0.29) is 50.5 Å². The first-order valence-electron chi connectivity index (χ1n) is 14.1. The third-order valence-corrected chi connectivity index (χ3v) is 9.51. The summed E-state index contributed by atoms with van der Waals surface area (Å²) in [7, 11) is -3.77. The van der Waals surface area contributed by atoms with Gasteiger partial charge in [0.1, 0.15) is 18.3 Å². The highest BCUT2D eigenvalue weighted by molar-refractivity contribution is 7.88. The third-order valence-electron chi connectivity index (χ3n) is 8.27. The van der Waals surface area contributed by atoms with Gasteiger partial charge in [0.2, 0.25) is 27.7 Å². The van der Waals surface area contributed by atoms with Crippen LogP contribution >= 0.6 is 0 Å². The molecule has 1 aromatic rings. The predicted octanol–water partition coefficient (Wildman–Crippen LogP) is -1.91. The summed E-state index contributed by atoms with van der Waals surface area (Å²) in [5.74, 6) is -0.698. The van der Waals surface area contributed by atoms with Crippen molar-refractivity contribution >= 4 is 33.4 Å². The number of ether oxygens (including phenoxy) is 2. The third kappa shape index (κ3) is 7.10. The molecule has 3 amide bonds. The zero-order chi connectivity index (χ0) is 30.2. The Bertz CT molecular complexity index is 1280. The number of aliphatic hydroxyl groups is 2. The minimum Gasteiger partial charge on any atom is -0.388 e. The second kappa shape index (κ2) is 12.5. The SMILES string of the molecule is CC(=O)Nc1ccc(CN2C[C@@H]3C[C@H]2C(=O)N2CCO[C@@H](C2)CN(S(C)(=O)=O)C[C@H]2O[C@@H](CC(=O)N3)[C@H](O)[C@@H]2O)cc1. The van der Waals surface area contributed by atoms with Gasteiger partial charge >= 0.3 is 0 Å². The molecule has 4 aliphatic heterocycles. The standard InChI is InChI=1S/C27H39N5O9S/c1-16(33)28-18-5-3-17(4-6-18)11-31-12-19-9-21(31)27(37)30-7-8-40-20(13-30)14-32(42(2,38)39)15-23-26(36)25(35)22(41-23)10-24(34)29-19/h3-6,19-23,25-26,35-36H,7-15H2,1-2H3,(H,28,33)(H,29,34)/t19-,20-,21-,22-,23+,25-,26+/m0/s1. The quantitative estimate of drug-likeness (QED) is 0.301. The first kappa shape index (κ1) is 30.8. The molecule has 4 aliphatic rings. The van der Waals surface area contributed by atoms with Crippen molar-refractivity contribution in [3.05, 3.63) is 29.8 Å². The highest BCUT2D eigenvalue weighted by Gasteiger charge is 2.46. The Balaban J connectivity index is 1.40. The Morgan fingerprint density at radius 1 is 1.07 bits per heavy atom. The van der Waals surface area contributed by atoms with E-state index in [4.69, 9.17) is 9.47 Å². The molecule has 0 saturated carbocycles. The molecule has 1 aromatic carbocycles. The van der Waals surface area contributed by atoms with Gasteiger partial charge in [-0.15, -0.1) is 0 Å². The number of benzene rings is 1. The molecule has 0 radical (unpaired) electrons. The van der Waals surface area contributed by atoms with E-state index in [1.54, 1.807) is 17.0 Å². The molecule has 15 heteroatoms. The normalized spacial score (nSPS) is 33.4. The highest BCUT2D eigenvalue weighted by atomic mass is 32.2. The molecule has 4 N–H and O–H groups in total. The maximum absolute atomic E-state index is 13.9. The number of fused-ring (bicyclic) bond motifs is 6. The van der Waals surface area contributed by atoms with Gasteiger partial charge in [-0.2, -0.15) is 4.31 Å². The number of amides is 3. The van der Waals surface area contributed by atoms with E-state index in [0.29, 0.717) is 31.7 Å². The van der Waals surface area contributed by atoms with Crippen molar-refractivity contribution in [1.29, 1.82) is 0 Å². The minimum atomic E-state index is -3.77. The Labute approximate surface area is 245 Å². The molecule has 0 aliphatic carbocycles. The van der Waals surface area contributed by atoms with Gasteiger partial charge in [-0.3, -0.25) is 19.3 Å². The van der Waals surface area contributed by atoms with Crippen molar-refractivity contribution in [3.63, 3.8) is 0 Å².